The van der Waals surface area contributed by atoms with Crippen LogP contribution in [0.3, 0.4) is 0 Å². The van der Waals surface area contributed by atoms with Crippen molar-refractivity contribution in [2.24, 2.45) is 5.92 Å². The minimum absolute atomic E-state index is 0.0729. The molecule has 0 aliphatic carbocycles. The molecule has 7 heteroatoms. The van der Waals surface area contributed by atoms with Gasteiger partial charge in [0.15, 0.2) is 0 Å². The molecule has 1 aromatic rings. The zero-order chi connectivity index (χ0) is 15.9. The minimum Gasteiger partial charge on any atom is -0.445 e. The van der Waals surface area contributed by atoms with Crippen LogP contribution in [0.25, 0.3) is 0 Å². The average molecular weight is 317 g/mol. The van der Waals surface area contributed by atoms with Crippen LogP contribution in [0.4, 0.5) is 8.68 Å². The summed E-state index contributed by atoms with van der Waals surface area (Å²) in [5, 5.41) is 2.39. The van der Waals surface area contributed by atoms with Crippen molar-refractivity contribution < 1.29 is 21.8 Å². The van der Waals surface area contributed by atoms with Gasteiger partial charge in [-0.3, -0.25) is 0 Å². The van der Waals surface area contributed by atoms with Crippen LogP contribution in [-0.2, 0) is 21.6 Å². The highest BCUT2D eigenvalue weighted by Crippen LogP contribution is 2.09. The van der Waals surface area contributed by atoms with Crippen molar-refractivity contribution in [1.82, 2.24) is 5.32 Å². The third-order valence-electron chi connectivity index (χ3n) is 2.69. The smallest absolute Gasteiger partial charge is 0.407 e. The van der Waals surface area contributed by atoms with Crippen molar-refractivity contribution in [3.05, 3.63) is 35.9 Å². The van der Waals surface area contributed by atoms with Crippen molar-refractivity contribution in [3.63, 3.8) is 0 Å². The fraction of sp³-hybridized carbons (Fsp3) is 0.500. The molecule has 118 valence electrons. The van der Waals surface area contributed by atoms with Gasteiger partial charge in [-0.05, 0) is 17.9 Å². The van der Waals surface area contributed by atoms with Gasteiger partial charge in [-0.25, -0.2) is 4.79 Å². The maximum absolute atomic E-state index is 12.8. The Balaban J connectivity index is 2.51. The molecule has 1 rings (SSSR count). The van der Waals surface area contributed by atoms with E-state index in [9.17, 15) is 17.1 Å². The summed E-state index contributed by atoms with van der Waals surface area (Å²) >= 11 is 0. The van der Waals surface area contributed by atoms with Crippen LogP contribution in [0.5, 0.6) is 0 Å². The highest BCUT2D eigenvalue weighted by molar-refractivity contribution is 7.86. The molecule has 0 aliphatic rings. The number of rotatable bonds is 7. The van der Waals surface area contributed by atoms with Crippen molar-refractivity contribution >= 4 is 16.3 Å². The standard InChI is InChI=1S/C14H20FNO4S/c1-11(2)8-13(10-21(15,18)19)16-14(17)20-9-12-6-4-3-5-7-12/h3-7,11,13H,8-10H2,1-2H3,(H,16,17)/t13-/m0/s1. The van der Waals surface area contributed by atoms with E-state index in [-0.39, 0.29) is 12.5 Å². The van der Waals surface area contributed by atoms with E-state index in [0.717, 1.165) is 5.56 Å². The molecule has 0 heterocycles. The van der Waals surface area contributed by atoms with Crippen LogP contribution in [0, 0.1) is 5.92 Å². The van der Waals surface area contributed by atoms with Gasteiger partial charge in [-0.15, -0.1) is 3.89 Å². The Bertz CT molecular complexity index is 545. The zero-order valence-electron chi connectivity index (χ0n) is 12.1. The molecule has 0 saturated heterocycles. The topological polar surface area (TPSA) is 72.5 Å². The third-order valence-corrected chi connectivity index (χ3v) is 3.49. The van der Waals surface area contributed by atoms with Gasteiger partial charge >= 0.3 is 16.3 Å². The van der Waals surface area contributed by atoms with Gasteiger partial charge in [0.1, 0.15) is 12.4 Å². The number of hydrogen-bond donors (Lipinski definition) is 1. The lowest BCUT2D eigenvalue weighted by Crippen LogP contribution is -2.40. The van der Waals surface area contributed by atoms with E-state index < -0.39 is 28.1 Å². The minimum atomic E-state index is -4.65. The fourth-order valence-corrected chi connectivity index (χ4v) is 2.61. The summed E-state index contributed by atoms with van der Waals surface area (Å²) < 4.78 is 39.2. The van der Waals surface area contributed by atoms with Gasteiger partial charge in [0.05, 0.1) is 0 Å². The molecule has 1 aromatic carbocycles. The molecule has 0 bridgehead atoms. The second kappa shape index (κ2) is 7.97. The van der Waals surface area contributed by atoms with Gasteiger partial charge in [0.2, 0.25) is 0 Å². The largest absolute Gasteiger partial charge is 0.445 e. The highest BCUT2D eigenvalue weighted by atomic mass is 32.3. The summed E-state index contributed by atoms with van der Waals surface area (Å²) in [5.74, 6) is -0.628. The molecule has 0 saturated carbocycles. The molecule has 0 unspecified atom stereocenters. The normalized spacial score (nSPS) is 13.0. The summed E-state index contributed by atoms with van der Waals surface area (Å²) in [6, 6.07) is 8.26. The second-order valence-corrected chi connectivity index (χ2v) is 6.65. The van der Waals surface area contributed by atoms with E-state index in [1.807, 2.05) is 32.0 Å². The summed E-state index contributed by atoms with van der Waals surface area (Å²) in [5.41, 5.74) is 0.811. The predicted molar refractivity (Wildman–Crippen MR) is 77.9 cm³/mol. The Labute approximate surface area is 124 Å². The average Bonchev–Trinajstić information content (AvgIpc) is 2.34. The maximum Gasteiger partial charge on any atom is 0.407 e. The Kier molecular flexibility index (Phi) is 6.61. The lowest BCUT2D eigenvalue weighted by Gasteiger charge is -2.18. The van der Waals surface area contributed by atoms with Gasteiger partial charge in [0.25, 0.3) is 0 Å². The highest BCUT2D eigenvalue weighted by Gasteiger charge is 2.21. The molecule has 0 radical (unpaired) electrons. The Hall–Kier alpha value is -1.63. The molecular weight excluding hydrogens is 297 g/mol. The number of carbonyl (C=O) groups excluding carboxylic acids is 1. The second-order valence-electron chi connectivity index (χ2n) is 5.24. The summed E-state index contributed by atoms with van der Waals surface area (Å²) in [7, 11) is -4.65. The number of carbonyl (C=O) groups is 1. The number of hydrogen-bond acceptors (Lipinski definition) is 4. The maximum atomic E-state index is 12.8. The van der Waals surface area contributed by atoms with Crippen molar-refractivity contribution in [1.29, 1.82) is 0 Å². The van der Waals surface area contributed by atoms with Crippen molar-refractivity contribution in [3.8, 4) is 0 Å². The van der Waals surface area contributed by atoms with Crippen LogP contribution in [0.1, 0.15) is 25.8 Å². The molecule has 0 aliphatic heterocycles. The first kappa shape index (κ1) is 17.4. The van der Waals surface area contributed by atoms with Crippen LogP contribution >= 0.6 is 0 Å². The number of halogens is 1. The SMILES string of the molecule is CC(C)C[C@@H](CS(=O)(=O)F)NC(=O)OCc1ccccc1. The quantitative estimate of drug-likeness (QED) is 0.785. The van der Waals surface area contributed by atoms with Gasteiger partial charge in [-0.1, -0.05) is 44.2 Å². The molecule has 1 amide bonds. The number of benzene rings is 1. The third kappa shape index (κ3) is 8.29. The van der Waals surface area contributed by atoms with Crippen LogP contribution < -0.4 is 5.32 Å². The lowest BCUT2D eigenvalue weighted by molar-refractivity contribution is 0.135. The van der Waals surface area contributed by atoms with E-state index in [4.69, 9.17) is 4.74 Å². The van der Waals surface area contributed by atoms with Crippen LogP contribution in [0.2, 0.25) is 0 Å². The van der Waals surface area contributed by atoms with E-state index in [2.05, 4.69) is 5.32 Å². The Morgan fingerprint density at radius 2 is 1.90 bits per heavy atom. The van der Waals surface area contributed by atoms with E-state index in [1.54, 1.807) is 12.1 Å². The zero-order valence-corrected chi connectivity index (χ0v) is 12.9. The van der Waals surface area contributed by atoms with E-state index in [0.29, 0.717) is 6.42 Å². The molecular formula is C14H20FNO4S. The molecule has 0 spiro atoms. The van der Waals surface area contributed by atoms with Crippen LogP contribution in [-0.4, -0.2) is 26.3 Å². The van der Waals surface area contributed by atoms with Crippen molar-refractivity contribution in [2.45, 2.75) is 32.9 Å². The molecule has 0 fully saturated rings. The fourth-order valence-electron chi connectivity index (χ4n) is 1.91. The van der Waals surface area contributed by atoms with Gasteiger partial charge < -0.3 is 10.1 Å². The first-order valence-corrected chi connectivity index (χ1v) is 8.21. The summed E-state index contributed by atoms with van der Waals surface area (Å²) in [4.78, 5) is 11.6. The number of nitrogens with one attached hydrogen (secondary N) is 1. The molecule has 0 aromatic heterocycles. The Morgan fingerprint density at radius 1 is 1.29 bits per heavy atom. The number of amides is 1. The first-order valence-electron chi connectivity index (χ1n) is 6.66. The van der Waals surface area contributed by atoms with E-state index in [1.165, 1.54) is 0 Å². The lowest BCUT2D eigenvalue weighted by atomic mass is 10.1. The number of ether oxygens (including phenoxy) is 1. The van der Waals surface area contributed by atoms with Gasteiger partial charge in [0, 0.05) is 6.04 Å². The van der Waals surface area contributed by atoms with Crippen LogP contribution in [0.15, 0.2) is 30.3 Å². The predicted octanol–water partition coefficient (Wildman–Crippen LogP) is 2.63. The van der Waals surface area contributed by atoms with Crippen molar-refractivity contribution in [2.75, 3.05) is 5.75 Å². The molecule has 21 heavy (non-hydrogen) atoms. The molecule has 5 nitrogen and oxygen atoms in total. The summed E-state index contributed by atoms with van der Waals surface area (Å²) in [6.07, 6.45) is -0.406. The first-order chi connectivity index (χ1) is 9.76. The molecule has 1 atom stereocenters. The Morgan fingerprint density at radius 3 is 2.43 bits per heavy atom. The van der Waals surface area contributed by atoms with Gasteiger partial charge in [-0.2, -0.15) is 8.42 Å². The monoisotopic (exact) mass is 317 g/mol. The number of alkyl carbamates (subject to hydrolysis) is 1. The van der Waals surface area contributed by atoms with E-state index >= 15 is 0 Å². The summed E-state index contributed by atoms with van der Waals surface area (Å²) in [6.45, 7) is 3.78. The molecule has 1 N–H and O–H groups in total.